The lowest BCUT2D eigenvalue weighted by Crippen LogP contribution is -2.19. The molecule has 0 spiro atoms. The van der Waals surface area contributed by atoms with Crippen LogP contribution in [0.4, 0.5) is 5.69 Å². The maximum Gasteiger partial charge on any atom is 0.269 e. The van der Waals surface area contributed by atoms with Crippen molar-refractivity contribution < 1.29 is 4.79 Å². The highest BCUT2D eigenvalue weighted by molar-refractivity contribution is 5.92. The molecule has 2 heterocycles. The van der Waals surface area contributed by atoms with E-state index >= 15 is 0 Å². The zero-order valence-electron chi connectivity index (χ0n) is 10.3. The van der Waals surface area contributed by atoms with E-state index in [1.54, 1.807) is 25.5 Å². The molecular weight excluding hydrogens is 230 g/mol. The van der Waals surface area contributed by atoms with Crippen LogP contribution in [0.1, 0.15) is 21.7 Å². The Morgan fingerprint density at radius 2 is 2.33 bits per heavy atom. The van der Waals surface area contributed by atoms with Crippen LogP contribution in [0, 0.1) is 6.92 Å². The Hall–Kier alpha value is -2.37. The topological polar surface area (TPSA) is 82.7 Å². The lowest BCUT2D eigenvalue weighted by Gasteiger charge is -2.06. The maximum atomic E-state index is 11.4. The number of H-pyrrole nitrogens is 1. The first-order valence-electron chi connectivity index (χ1n) is 5.61. The van der Waals surface area contributed by atoms with Gasteiger partial charge in [-0.1, -0.05) is 0 Å². The molecule has 2 aromatic rings. The van der Waals surface area contributed by atoms with E-state index in [2.05, 4.69) is 25.8 Å². The Labute approximate surface area is 105 Å². The zero-order chi connectivity index (χ0) is 13.0. The number of carbonyl (C=O) groups is 1. The second-order valence-corrected chi connectivity index (χ2v) is 3.88. The van der Waals surface area contributed by atoms with Gasteiger partial charge in [0.25, 0.3) is 5.91 Å². The van der Waals surface area contributed by atoms with Crippen molar-refractivity contribution in [3.8, 4) is 0 Å². The molecule has 0 saturated heterocycles. The molecule has 0 unspecified atom stereocenters. The highest BCUT2D eigenvalue weighted by Crippen LogP contribution is 2.11. The summed E-state index contributed by atoms with van der Waals surface area (Å²) in [6.45, 7) is 2.62. The van der Waals surface area contributed by atoms with Gasteiger partial charge < -0.3 is 10.6 Å². The lowest BCUT2D eigenvalue weighted by atomic mass is 10.2. The second-order valence-electron chi connectivity index (χ2n) is 3.88. The fourth-order valence-electron chi connectivity index (χ4n) is 1.54. The van der Waals surface area contributed by atoms with E-state index in [1.807, 2.05) is 13.0 Å². The van der Waals surface area contributed by atoms with Crippen LogP contribution in [-0.4, -0.2) is 28.1 Å². The van der Waals surface area contributed by atoms with E-state index in [9.17, 15) is 4.79 Å². The summed E-state index contributed by atoms with van der Waals surface area (Å²) >= 11 is 0. The first kappa shape index (κ1) is 12.1. The number of amides is 1. The maximum absolute atomic E-state index is 11.4. The summed E-state index contributed by atoms with van der Waals surface area (Å²) in [5.74, 6) is -0.196. The van der Waals surface area contributed by atoms with Crippen LogP contribution >= 0.6 is 0 Å². The summed E-state index contributed by atoms with van der Waals surface area (Å²) in [6.07, 6.45) is 3.39. The Balaban J connectivity index is 2.06. The number of pyridine rings is 1. The SMILES string of the molecule is CNC(=O)c1cc(NCc2cn[nH]c2C)ccn1. The number of nitrogens with one attached hydrogen (secondary N) is 3. The van der Waals surface area contributed by atoms with Gasteiger partial charge in [-0.25, -0.2) is 0 Å². The van der Waals surface area contributed by atoms with Crippen molar-refractivity contribution in [2.45, 2.75) is 13.5 Å². The average Bonchev–Trinajstić information content (AvgIpc) is 2.81. The standard InChI is InChI=1S/C12H15N5O/c1-8-9(7-16-17-8)6-15-10-3-4-14-11(5-10)12(18)13-2/h3-5,7H,6H2,1-2H3,(H,13,18)(H,14,15)(H,16,17). The van der Waals surface area contributed by atoms with Gasteiger partial charge in [0.2, 0.25) is 0 Å². The van der Waals surface area contributed by atoms with E-state index < -0.39 is 0 Å². The number of aryl methyl sites for hydroxylation is 1. The van der Waals surface area contributed by atoms with Crippen LogP contribution in [0.5, 0.6) is 0 Å². The second kappa shape index (κ2) is 5.31. The van der Waals surface area contributed by atoms with Crippen molar-refractivity contribution in [2.24, 2.45) is 0 Å². The van der Waals surface area contributed by atoms with Gasteiger partial charge in [0.15, 0.2) is 0 Å². The minimum atomic E-state index is -0.196. The van der Waals surface area contributed by atoms with Gasteiger partial charge in [-0.2, -0.15) is 5.10 Å². The number of hydrogen-bond acceptors (Lipinski definition) is 4. The van der Waals surface area contributed by atoms with E-state index in [1.165, 1.54) is 0 Å². The van der Waals surface area contributed by atoms with Crippen molar-refractivity contribution in [1.82, 2.24) is 20.5 Å². The van der Waals surface area contributed by atoms with Crippen molar-refractivity contribution in [3.05, 3.63) is 41.5 Å². The van der Waals surface area contributed by atoms with Crippen LogP contribution in [0.2, 0.25) is 0 Å². The molecule has 1 amide bonds. The number of rotatable bonds is 4. The summed E-state index contributed by atoms with van der Waals surface area (Å²) in [5.41, 5.74) is 3.37. The molecule has 94 valence electrons. The molecule has 2 rings (SSSR count). The van der Waals surface area contributed by atoms with Crippen molar-refractivity contribution in [2.75, 3.05) is 12.4 Å². The summed E-state index contributed by atoms with van der Waals surface area (Å²) in [7, 11) is 1.58. The monoisotopic (exact) mass is 245 g/mol. The molecule has 0 radical (unpaired) electrons. The van der Waals surface area contributed by atoms with Gasteiger partial charge in [0.1, 0.15) is 5.69 Å². The van der Waals surface area contributed by atoms with Gasteiger partial charge >= 0.3 is 0 Å². The Morgan fingerprint density at radius 3 is 3.00 bits per heavy atom. The Bertz CT molecular complexity index is 549. The highest BCUT2D eigenvalue weighted by atomic mass is 16.1. The van der Waals surface area contributed by atoms with Crippen LogP contribution in [0.15, 0.2) is 24.5 Å². The minimum Gasteiger partial charge on any atom is -0.381 e. The third-order valence-electron chi connectivity index (χ3n) is 2.64. The number of aromatic nitrogens is 3. The molecule has 3 N–H and O–H groups in total. The quantitative estimate of drug-likeness (QED) is 0.753. The van der Waals surface area contributed by atoms with Gasteiger partial charge in [-0.3, -0.25) is 14.9 Å². The number of hydrogen-bond donors (Lipinski definition) is 3. The van der Waals surface area contributed by atoms with Crippen molar-refractivity contribution in [1.29, 1.82) is 0 Å². The van der Waals surface area contributed by atoms with Crippen LogP contribution in [-0.2, 0) is 6.54 Å². The molecule has 0 saturated carbocycles. The van der Waals surface area contributed by atoms with Gasteiger partial charge in [0.05, 0.1) is 6.20 Å². The molecule has 0 fully saturated rings. The molecule has 0 bridgehead atoms. The van der Waals surface area contributed by atoms with Gasteiger partial charge in [-0.05, 0) is 19.1 Å². The third-order valence-corrected chi connectivity index (χ3v) is 2.64. The number of carbonyl (C=O) groups excluding carboxylic acids is 1. The van der Waals surface area contributed by atoms with Crippen LogP contribution in [0.25, 0.3) is 0 Å². The smallest absolute Gasteiger partial charge is 0.269 e. The van der Waals surface area contributed by atoms with E-state index in [0.717, 1.165) is 16.9 Å². The predicted octanol–water partition coefficient (Wildman–Crippen LogP) is 1.08. The van der Waals surface area contributed by atoms with Gasteiger partial charge in [-0.15, -0.1) is 0 Å². The first-order valence-corrected chi connectivity index (χ1v) is 5.61. The summed E-state index contributed by atoms with van der Waals surface area (Å²) in [5, 5.41) is 12.6. The Kier molecular flexibility index (Phi) is 3.57. The van der Waals surface area contributed by atoms with Crippen molar-refractivity contribution in [3.63, 3.8) is 0 Å². The molecule has 2 aromatic heterocycles. The molecule has 6 nitrogen and oxygen atoms in total. The average molecular weight is 245 g/mol. The summed E-state index contributed by atoms with van der Waals surface area (Å²) in [4.78, 5) is 15.4. The van der Waals surface area contributed by atoms with Gasteiger partial charge in [0, 0.05) is 36.7 Å². The molecule has 0 aliphatic heterocycles. The fraction of sp³-hybridized carbons (Fsp3) is 0.250. The summed E-state index contributed by atoms with van der Waals surface area (Å²) in [6, 6.07) is 3.54. The highest BCUT2D eigenvalue weighted by Gasteiger charge is 2.05. The fourth-order valence-corrected chi connectivity index (χ4v) is 1.54. The van der Waals surface area contributed by atoms with Crippen LogP contribution in [0.3, 0.4) is 0 Å². The zero-order valence-corrected chi connectivity index (χ0v) is 10.3. The minimum absolute atomic E-state index is 0.196. The first-order chi connectivity index (χ1) is 8.70. The molecule has 6 heteroatoms. The number of anilines is 1. The number of nitrogens with zero attached hydrogens (tertiary/aromatic N) is 2. The molecular formula is C12H15N5O. The predicted molar refractivity (Wildman–Crippen MR) is 68.3 cm³/mol. The third kappa shape index (κ3) is 2.65. The van der Waals surface area contributed by atoms with E-state index in [0.29, 0.717) is 12.2 Å². The molecule has 0 aromatic carbocycles. The molecule has 0 aliphatic rings. The summed E-state index contributed by atoms with van der Waals surface area (Å²) < 4.78 is 0. The van der Waals surface area contributed by atoms with Crippen molar-refractivity contribution >= 4 is 11.6 Å². The van der Waals surface area contributed by atoms with E-state index in [-0.39, 0.29) is 5.91 Å². The molecule has 0 atom stereocenters. The molecule has 0 aliphatic carbocycles. The normalized spacial score (nSPS) is 10.1. The van der Waals surface area contributed by atoms with Crippen LogP contribution < -0.4 is 10.6 Å². The lowest BCUT2D eigenvalue weighted by molar-refractivity contribution is 0.0958. The molecule has 18 heavy (non-hydrogen) atoms. The van der Waals surface area contributed by atoms with E-state index in [4.69, 9.17) is 0 Å². The largest absolute Gasteiger partial charge is 0.381 e. The number of aromatic amines is 1. The Morgan fingerprint density at radius 1 is 1.50 bits per heavy atom.